The number of aliphatic hydroxyl groups is 1. The minimum absolute atomic E-state index is 0.00976. The SMILES string of the molecule is COc1cc2cc(c1Cl)N(C)C(=O)CC(COC(=O)[C@H](C)N(C)C(=O)CCN)[C@@H]1O[C@H]1[C@H](C)[C@@H]1C[C@@](O)(NC(=O)O1)[C@H](OC)/C=C/C=C(\C)C2. The van der Waals surface area contributed by atoms with E-state index in [-0.39, 0.29) is 49.3 Å². The molecule has 1 aromatic rings. The molecule has 2 saturated heterocycles. The number of allylic oxidation sites excluding steroid dienone is 3. The summed E-state index contributed by atoms with van der Waals surface area (Å²) in [5.74, 6) is -1.94. The van der Waals surface area contributed by atoms with Crippen molar-refractivity contribution < 1.29 is 48.0 Å². The van der Waals surface area contributed by atoms with Crippen molar-refractivity contribution in [3.05, 3.63) is 46.5 Å². The van der Waals surface area contributed by atoms with Crippen molar-refractivity contribution in [2.45, 2.75) is 82.6 Å². The third-order valence-corrected chi connectivity index (χ3v) is 10.1. The molecular formula is C35H49ClN4O10. The van der Waals surface area contributed by atoms with Crippen molar-refractivity contribution in [1.29, 1.82) is 0 Å². The van der Waals surface area contributed by atoms with E-state index in [1.807, 2.05) is 26.0 Å². The van der Waals surface area contributed by atoms with Crippen molar-refractivity contribution in [1.82, 2.24) is 10.2 Å². The Hall–Kier alpha value is -3.69. The van der Waals surface area contributed by atoms with Crippen LogP contribution < -0.4 is 20.7 Å². The van der Waals surface area contributed by atoms with E-state index in [1.54, 1.807) is 32.2 Å². The molecule has 1 unspecified atom stereocenters. The standard InChI is InChI=1S/C35H49ClN4O10/c1-19-9-8-10-27(47-7)35(45)17-26(49-34(44)38-35)20(2)31-32(50-31)23(18-48-33(43)21(3)39(4)28(41)11-12-37)16-29(42)40(5)24-14-22(13-19)15-25(46-6)30(24)36/h8-10,14-15,20-21,23,26-27,31-32,45H,11-13,16-18,37H2,1-7H3,(H,38,44)/b10-8+,19-9+/t20-,21+,23?,26+,27-,31+,32+,35+/m1/s1. The molecule has 3 aliphatic heterocycles. The number of ether oxygens (including phenoxy) is 5. The highest BCUT2D eigenvalue weighted by Crippen LogP contribution is 2.42. The van der Waals surface area contributed by atoms with Crippen LogP contribution in [0.5, 0.6) is 5.75 Å². The second-order valence-corrected chi connectivity index (χ2v) is 13.6. The summed E-state index contributed by atoms with van der Waals surface area (Å²) in [6, 6.07) is 2.72. The Balaban J connectivity index is 1.69. The van der Waals surface area contributed by atoms with Gasteiger partial charge in [-0.1, -0.05) is 42.3 Å². The fourth-order valence-electron chi connectivity index (χ4n) is 6.39. The molecule has 0 saturated carbocycles. The average molecular weight is 721 g/mol. The van der Waals surface area contributed by atoms with Gasteiger partial charge in [0.15, 0.2) is 5.72 Å². The molecule has 0 aromatic heterocycles. The van der Waals surface area contributed by atoms with E-state index in [0.29, 0.717) is 17.9 Å². The van der Waals surface area contributed by atoms with Gasteiger partial charge in [-0.2, -0.15) is 0 Å². The molecule has 0 spiro atoms. The van der Waals surface area contributed by atoms with Gasteiger partial charge in [0.1, 0.15) is 29.0 Å². The normalized spacial score (nSPS) is 30.8. The number of fused-ring (bicyclic) bond motifs is 5. The first-order chi connectivity index (χ1) is 23.6. The van der Waals surface area contributed by atoms with Gasteiger partial charge in [-0.3, -0.25) is 14.9 Å². The number of likely N-dealkylation sites (N-methyl/N-ethyl adjacent to an activating group) is 1. The van der Waals surface area contributed by atoms with Crippen LogP contribution in [-0.2, 0) is 39.8 Å². The Kier molecular flexibility index (Phi) is 12.9. The molecule has 8 atom stereocenters. The number of carbonyl (C=O) groups excluding carboxylic acids is 4. The van der Waals surface area contributed by atoms with Crippen LogP contribution in [0, 0.1) is 11.8 Å². The maximum atomic E-state index is 13.9. The van der Waals surface area contributed by atoms with Crippen LogP contribution in [0.2, 0.25) is 5.02 Å². The predicted octanol–water partition coefficient (Wildman–Crippen LogP) is 2.72. The second kappa shape index (κ2) is 16.6. The van der Waals surface area contributed by atoms with Crippen LogP contribution in [0.3, 0.4) is 0 Å². The number of rotatable bonds is 8. The monoisotopic (exact) mass is 720 g/mol. The molecule has 4 N–H and O–H groups in total. The van der Waals surface area contributed by atoms with Gasteiger partial charge in [0, 0.05) is 58.8 Å². The van der Waals surface area contributed by atoms with Crippen molar-refractivity contribution in [3.63, 3.8) is 0 Å². The van der Waals surface area contributed by atoms with Crippen LogP contribution in [0.4, 0.5) is 10.5 Å². The number of esters is 1. The number of anilines is 1. The zero-order valence-electron chi connectivity index (χ0n) is 29.6. The number of halogens is 1. The van der Waals surface area contributed by atoms with Gasteiger partial charge < -0.3 is 44.3 Å². The van der Waals surface area contributed by atoms with Crippen molar-refractivity contribution in [2.24, 2.45) is 17.6 Å². The summed E-state index contributed by atoms with van der Waals surface area (Å²) in [6.45, 7) is 5.26. The average Bonchev–Trinajstić information content (AvgIpc) is 3.87. The molecule has 3 heterocycles. The lowest BCUT2D eigenvalue weighted by Crippen LogP contribution is -2.63. The smallest absolute Gasteiger partial charge is 0.409 e. The summed E-state index contributed by atoms with van der Waals surface area (Å²) in [7, 11) is 6.04. The minimum atomic E-state index is -1.79. The highest BCUT2D eigenvalue weighted by molar-refractivity contribution is 6.35. The third-order valence-electron chi connectivity index (χ3n) is 9.68. The van der Waals surface area contributed by atoms with E-state index < -0.39 is 60.1 Å². The van der Waals surface area contributed by atoms with E-state index in [1.165, 1.54) is 31.1 Å². The lowest BCUT2D eigenvalue weighted by molar-refractivity contribution is -0.155. The molecule has 4 bridgehead atoms. The van der Waals surface area contributed by atoms with E-state index in [9.17, 15) is 24.3 Å². The van der Waals surface area contributed by atoms with Gasteiger partial charge in [0.2, 0.25) is 11.8 Å². The van der Waals surface area contributed by atoms with E-state index in [0.717, 1.165) is 11.1 Å². The Morgan fingerprint density at radius 1 is 1.26 bits per heavy atom. The number of nitrogens with one attached hydrogen (secondary N) is 1. The number of methoxy groups -OCH3 is 2. The maximum Gasteiger partial charge on any atom is 0.409 e. The van der Waals surface area contributed by atoms with Gasteiger partial charge in [-0.15, -0.1) is 0 Å². The molecule has 50 heavy (non-hydrogen) atoms. The number of carbonyl (C=O) groups is 4. The molecule has 4 rings (SSSR count). The highest BCUT2D eigenvalue weighted by Gasteiger charge is 2.55. The highest BCUT2D eigenvalue weighted by atomic mass is 35.5. The Morgan fingerprint density at radius 3 is 2.64 bits per heavy atom. The van der Waals surface area contributed by atoms with Gasteiger partial charge in [0.25, 0.3) is 0 Å². The van der Waals surface area contributed by atoms with Crippen LogP contribution in [0.25, 0.3) is 0 Å². The quantitative estimate of drug-likeness (QED) is 0.265. The van der Waals surface area contributed by atoms with E-state index in [2.05, 4.69) is 5.32 Å². The summed E-state index contributed by atoms with van der Waals surface area (Å²) in [5.41, 5.74) is 5.93. The van der Waals surface area contributed by atoms with Gasteiger partial charge in [-0.05, 0) is 38.0 Å². The lowest BCUT2D eigenvalue weighted by Gasteiger charge is -2.42. The zero-order chi connectivity index (χ0) is 36.9. The fourth-order valence-corrected chi connectivity index (χ4v) is 6.70. The second-order valence-electron chi connectivity index (χ2n) is 13.3. The van der Waals surface area contributed by atoms with E-state index >= 15 is 0 Å². The first-order valence-corrected chi connectivity index (χ1v) is 17.0. The van der Waals surface area contributed by atoms with Crippen LogP contribution in [-0.4, -0.2) is 112 Å². The topological polar surface area (TPSA) is 182 Å². The number of benzene rings is 1. The molecule has 15 heteroatoms. The predicted molar refractivity (Wildman–Crippen MR) is 185 cm³/mol. The fraction of sp³-hybridized carbons (Fsp3) is 0.600. The Morgan fingerprint density at radius 2 is 1.98 bits per heavy atom. The van der Waals surface area contributed by atoms with Crippen molar-refractivity contribution in [3.8, 4) is 5.75 Å². The maximum absolute atomic E-state index is 13.9. The first-order valence-electron chi connectivity index (χ1n) is 16.6. The van der Waals surface area contributed by atoms with Crippen LogP contribution >= 0.6 is 11.6 Å². The number of amides is 3. The molecule has 276 valence electrons. The Labute approximate surface area is 297 Å². The van der Waals surface area contributed by atoms with Gasteiger partial charge in [-0.25, -0.2) is 9.59 Å². The van der Waals surface area contributed by atoms with Crippen molar-refractivity contribution >= 4 is 41.2 Å². The number of hydrogen-bond donors (Lipinski definition) is 3. The molecule has 1 aromatic carbocycles. The number of nitrogens with two attached hydrogens (primary N) is 1. The molecule has 14 nitrogen and oxygen atoms in total. The molecule has 2 fully saturated rings. The Bertz CT molecular complexity index is 1500. The summed E-state index contributed by atoms with van der Waals surface area (Å²) in [4.78, 5) is 54.8. The van der Waals surface area contributed by atoms with Crippen molar-refractivity contribution in [2.75, 3.05) is 46.4 Å². The molecule has 3 aliphatic rings. The largest absolute Gasteiger partial charge is 0.495 e. The number of nitrogens with zero attached hydrogens (tertiary/aromatic N) is 2. The number of hydrogen-bond acceptors (Lipinski definition) is 11. The third kappa shape index (κ3) is 8.96. The molecule has 0 aliphatic carbocycles. The summed E-state index contributed by atoms with van der Waals surface area (Å²) >= 11 is 6.72. The number of alkyl carbamates (subject to hydrolysis) is 1. The van der Waals surface area contributed by atoms with Gasteiger partial charge >= 0.3 is 12.1 Å². The number of epoxide rings is 1. The molecule has 3 amide bonds. The lowest BCUT2D eigenvalue weighted by atomic mass is 9.86. The zero-order valence-corrected chi connectivity index (χ0v) is 30.4. The van der Waals surface area contributed by atoms with E-state index in [4.69, 9.17) is 41.0 Å². The minimum Gasteiger partial charge on any atom is -0.495 e. The molecule has 0 radical (unpaired) electrons. The summed E-state index contributed by atoms with van der Waals surface area (Å²) in [5, 5.41) is 14.4. The van der Waals surface area contributed by atoms with Crippen LogP contribution in [0.15, 0.2) is 35.9 Å². The van der Waals surface area contributed by atoms with Crippen LogP contribution in [0.1, 0.15) is 45.6 Å². The molecular weight excluding hydrogens is 672 g/mol. The first kappa shape index (κ1) is 39.1. The van der Waals surface area contributed by atoms with Gasteiger partial charge in [0.05, 0.1) is 31.6 Å². The summed E-state index contributed by atoms with van der Waals surface area (Å²) in [6.07, 6.45) is 2.17. The summed E-state index contributed by atoms with van der Waals surface area (Å²) < 4.78 is 28.6.